The van der Waals surface area contributed by atoms with Gasteiger partial charge < -0.3 is 24.4 Å². The van der Waals surface area contributed by atoms with Crippen LogP contribution in [0.4, 0.5) is 4.79 Å². The maximum atomic E-state index is 12.6. The largest absolute Gasteiger partial charge is 0.493 e. The van der Waals surface area contributed by atoms with Gasteiger partial charge in [0.15, 0.2) is 17.3 Å². The third-order valence-corrected chi connectivity index (χ3v) is 4.72. The first-order valence-electron chi connectivity index (χ1n) is 8.12. The van der Waals surface area contributed by atoms with Crippen LogP contribution in [0.2, 0.25) is 0 Å². The van der Waals surface area contributed by atoms with Gasteiger partial charge in [0.05, 0.1) is 27.4 Å². The Labute approximate surface area is 146 Å². The van der Waals surface area contributed by atoms with Gasteiger partial charge in [0.1, 0.15) is 0 Å². The summed E-state index contributed by atoms with van der Waals surface area (Å²) in [5.41, 5.74) is 2.15. The Morgan fingerprint density at radius 3 is 2.24 bits per heavy atom. The first-order valence-corrected chi connectivity index (χ1v) is 8.12. The number of carbonyl (C=O) groups excluding carboxylic acids is 2. The summed E-state index contributed by atoms with van der Waals surface area (Å²) in [6.45, 7) is 0. The SMILES string of the molecule is COc1cc(C2NC(=O)N(C)C3=C2C(=O)CCC3)cc(OC)c1OC. The lowest BCUT2D eigenvalue weighted by molar-refractivity contribution is -0.116. The Balaban J connectivity index is 2.16. The Morgan fingerprint density at radius 1 is 1.04 bits per heavy atom. The van der Waals surface area contributed by atoms with Crippen molar-refractivity contribution in [2.45, 2.75) is 25.3 Å². The molecule has 1 aliphatic carbocycles. The van der Waals surface area contributed by atoms with Crippen LogP contribution in [0.5, 0.6) is 17.2 Å². The smallest absolute Gasteiger partial charge is 0.322 e. The molecule has 0 fully saturated rings. The highest BCUT2D eigenvalue weighted by Gasteiger charge is 2.37. The van der Waals surface area contributed by atoms with E-state index in [4.69, 9.17) is 14.2 Å². The van der Waals surface area contributed by atoms with Gasteiger partial charge in [-0.15, -0.1) is 0 Å². The van der Waals surface area contributed by atoms with Gasteiger partial charge in [0.25, 0.3) is 0 Å². The second-order valence-corrected chi connectivity index (χ2v) is 6.04. The van der Waals surface area contributed by atoms with E-state index in [0.29, 0.717) is 35.7 Å². The molecule has 7 heteroatoms. The van der Waals surface area contributed by atoms with Crippen molar-refractivity contribution < 1.29 is 23.8 Å². The standard InChI is InChI=1S/C18H22N2O5/c1-20-11-6-5-7-12(21)15(11)16(19-18(20)22)10-8-13(23-2)17(25-4)14(9-10)24-3/h8-9,16H,5-7H2,1-4H3,(H,19,22). The van der Waals surface area contributed by atoms with Crippen molar-refractivity contribution in [2.75, 3.05) is 28.4 Å². The fourth-order valence-corrected chi connectivity index (χ4v) is 3.46. The van der Waals surface area contributed by atoms with E-state index in [1.165, 1.54) is 26.2 Å². The summed E-state index contributed by atoms with van der Waals surface area (Å²) in [6, 6.07) is 2.78. The predicted molar refractivity (Wildman–Crippen MR) is 91.0 cm³/mol. The average molecular weight is 346 g/mol. The normalized spacial score (nSPS) is 20.2. The molecule has 0 saturated heterocycles. The topological polar surface area (TPSA) is 77.1 Å². The summed E-state index contributed by atoms with van der Waals surface area (Å²) >= 11 is 0. The molecule has 0 aromatic heterocycles. The number of urea groups is 1. The molecule has 1 aromatic rings. The highest BCUT2D eigenvalue weighted by Crippen LogP contribution is 2.43. The Morgan fingerprint density at radius 2 is 1.68 bits per heavy atom. The minimum Gasteiger partial charge on any atom is -0.493 e. The van der Waals surface area contributed by atoms with Crippen LogP contribution in [0.3, 0.4) is 0 Å². The Kier molecular flexibility index (Phi) is 4.57. The highest BCUT2D eigenvalue weighted by atomic mass is 16.5. The van der Waals surface area contributed by atoms with E-state index in [1.54, 1.807) is 19.2 Å². The fourth-order valence-electron chi connectivity index (χ4n) is 3.46. The third kappa shape index (κ3) is 2.79. The van der Waals surface area contributed by atoms with Crippen LogP contribution in [-0.2, 0) is 4.79 Å². The van der Waals surface area contributed by atoms with E-state index in [2.05, 4.69) is 5.32 Å². The van der Waals surface area contributed by atoms with E-state index in [1.807, 2.05) is 0 Å². The number of hydrogen-bond donors (Lipinski definition) is 1. The van der Waals surface area contributed by atoms with Gasteiger partial charge in [-0.25, -0.2) is 4.79 Å². The zero-order valence-corrected chi connectivity index (χ0v) is 14.8. The number of nitrogens with one attached hydrogen (secondary N) is 1. The molecule has 1 atom stereocenters. The fraction of sp³-hybridized carbons (Fsp3) is 0.444. The van der Waals surface area contributed by atoms with Crippen molar-refractivity contribution >= 4 is 11.8 Å². The number of methoxy groups -OCH3 is 3. The summed E-state index contributed by atoms with van der Waals surface area (Å²) in [5.74, 6) is 1.50. The molecule has 0 saturated carbocycles. The monoisotopic (exact) mass is 346 g/mol. The lowest BCUT2D eigenvalue weighted by Crippen LogP contribution is -2.47. The van der Waals surface area contributed by atoms with Crippen LogP contribution in [0, 0.1) is 0 Å². The number of ketones is 1. The summed E-state index contributed by atoms with van der Waals surface area (Å²) < 4.78 is 16.1. The number of amides is 2. The number of rotatable bonds is 4. The summed E-state index contributed by atoms with van der Waals surface area (Å²) in [6.07, 6.45) is 1.96. The lowest BCUT2D eigenvalue weighted by Gasteiger charge is -2.37. The molecule has 1 aliphatic heterocycles. The van der Waals surface area contributed by atoms with E-state index in [-0.39, 0.29) is 11.8 Å². The second-order valence-electron chi connectivity index (χ2n) is 6.04. The molecule has 1 unspecified atom stereocenters. The van der Waals surface area contributed by atoms with Gasteiger partial charge in [0, 0.05) is 24.7 Å². The molecule has 2 aliphatic rings. The molecule has 0 spiro atoms. The number of carbonyl (C=O) groups is 2. The van der Waals surface area contributed by atoms with Crippen molar-refractivity contribution in [1.82, 2.24) is 10.2 Å². The Hall–Kier alpha value is -2.70. The van der Waals surface area contributed by atoms with Gasteiger partial charge >= 0.3 is 6.03 Å². The van der Waals surface area contributed by atoms with E-state index in [9.17, 15) is 9.59 Å². The number of Topliss-reactive ketones (excluding diaryl/α,β-unsaturated/α-hetero) is 1. The van der Waals surface area contributed by atoms with Crippen molar-refractivity contribution in [3.05, 3.63) is 29.0 Å². The van der Waals surface area contributed by atoms with Crippen LogP contribution in [0.25, 0.3) is 0 Å². The van der Waals surface area contributed by atoms with E-state index in [0.717, 1.165) is 17.7 Å². The number of hydrogen-bond acceptors (Lipinski definition) is 5. The van der Waals surface area contributed by atoms with Crippen LogP contribution in [0.1, 0.15) is 30.9 Å². The van der Waals surface area contributed by atoms with Crippen molar-refractivity contribution in [3.8, 4) is 17.2 Å². The molecular formula is C18H22N2O5. The second kappa shape index (κ2) is 6.66. The number of nitrogens with zero attached hydrogens (tertiary/aromatic N) is 1. The lowest BCUT2D eigenvalue weighted by atomic mass is 9.84. The number of ether oxygens (including phenoxy) is 3. The van der Waals surface area contributed by atoms with Crippen LogP contribution in [-0.4, -0.2) is 45.1 Å². The van der Waals surface area contributed by atoms with Crippen molar-refractivity contribution in [1.29, 1.82) is 0 Å². The van der Waals surface area contributed by atoms with Gasteiger partial charge in [0.2, 0.25) is 5.75 Å². The minimum absolute atomic E-state index is 0.0619. The molecule has 1 N–H and O–H groups in total. The number of benzene rings is 1. The van der Waals surface area contributed by atoms with Crippen LogP contribution < -0.4 is 19.5 Å². The molecule has 25 heavy (non-hydrogen) atoms. The van der Waals surface area contributed by atoms with E-state index >= 15 is 0 Å². The molecule has 134 valence electrons. The zero-order chi connectivity index (χ0) is 18.1. The predicted octanol–water partition coefficient (Wildman–Crippen LogP) is 2.42. The number of allylic oxidation sites excluding steroid dienone is 1. The summed E-state index contributed by atoms with van der Waals surface area (Å²) in [5, 5.41) is 2.91. The maximum Gasteiger partial charge on any atom is 0.322 e. The van der Waals surface area contributed by atoms with Crippen LogP contribution in [0.15, 0.2) is 23.4 Å². The first kappa shape index (κ1) is 17.1. The molecule has 7 nitrogen and oxygen atoms in total. The minimum atomic E-state index is -0.528. The molecule has 2 amide bonds. The summed E-state index contributed by atoms with van der Waals surface area (Å²) in [7, 11) is 6.28. The highest BCUT2D eigenvalue weighted by molar-refractivity contribution is 6.01. The average Bonchev–Trinajstić information content (AvgIpc) is 2.63. The summed E-state index contributed by atoms with van der Waals surface area (Å²) in [4.78, 5) is 26.5. The van der Waals surface area contributed by atoms with Gasteiger partial charge in [-0.3, -0.25) is 4.79 Å². The molecule has 3 rings (SSSR count). The first-order chi connectivity index (χ1) is 12.0. The quantitative estimate of drug-likeness (QED) is 0.906. The van der Waals surface area contributed by atoms with Crippen LogP contribution >= 0.6 is 0 Å². The molecule has 1 aromatic carbocycles. The van der Waals surface area contributed by atoms with Gasteiger partial charge in [-0.05, 0) is 30.5 Å². The molecule has 0 radical (unpaired) electrons. The molecular weight excluding hydrogens is 324 g/mol. The molecule has 1 heterocycles. The maximum absolute atomic E-state index is 12.6. The molecule has 0 bridgehead atoms. The van der Waals surface area contributed by atoms with Gasteiger partial charge in [-0.1, -0.05) is 0 Å². The van der Waals surface area contributed by atoms with Crippen molar-refractivity contribution in [2.24, 2.45) is 0 Å². The zero-order valence-electron chi connectivity index (χ0n) is 14.8. The Bertz CT molecular complexity index is 731. The van der Waals surface area contributed by atoms with Gasteiger partial charge in [-0.2, -0.15) is 0 Å². The third-order valence-electron chi connectivity index (χ3n) is 4.72. The van der Waals surface area contributed by atoms with Crippen molar-refractivity contribution in [3.63, 3.8) is 0 Å². The van der Waals surface area contributed by atoms with E-state index < -0.39 is 6.04 Å².